The van der Waals surface area contributed by atoms with Crippen molar-refractivity contribution in [3.05, 3.63) is 42.1 Å². The smallest absolute Gasteiger partial charge is 0.269 e. The molecule has 4 nitrogen and oxygen atoms in total. The highest BCUT2D eigenvalue weighted by atomic mass is 32.1. The van der Waals surface area contributed by atoms with Crippen LogP contribution in [0.3, 0.4) is 0 Å². The molecular weight excluding hydrogens is 282 g/mol. The number of unbranched alkanes of at least 4 members (excludes halogenated alkanes) is 3. The van der Waals surface area contributed by atoms with E-state index in [1.165, 1.54) is 6.42 Å². The lowest BCUT2D eigenvalue weighted by Gasteiger charge is -2.02. The molecule has 0 atom stereocenters. The summed E-state index contributed by atoms with van der Waals surface area (Å²) in [6, 6.07) is 11.6. The number of nitrogens with one attached hydrogen (secondary N) is 2. The maximum atomic E-state index is 12.0. The quantitative estimate of drug-likeness (QED) is 0.518. The Morgan fingerprint density at radius 3 is 2.67 bits per heavy atom. The van der Waals surface area contributed by atoms with Gasteiger partial charge in [-0.05, 0) is 24.7 Å². The molecule has 0 aliphatic carbocycles. The molecule has 5 heteroatoms. The van der Waals surface area contributed by atoms with Crippen molar-refractivity contribution in [3.8, 4) is 11.3 Å². The summed E-state index contributed by atoms with van der Waals surface area (Å²) in [5.41, 5.74) is 2.29. The van der Waals surface area contributed by atoms with Crippen molar-refractivity contribution < 1.29 is 4.79 Å². The highest BCUT2D eigenvalue weighted by Gasteiger charge is 2.10. The summed E-state index contributed by atoms with van der Waals surface area (Å²) in [6.07, 6.45) is 4.43. The van der Waals surface area contributed by atoms with Crippen molar-refractivity contribution >= 4 is 18.5 Å². The van der Waals surface area contributed by atoms with Gasteiger partial charge in [-0.25, -0.2) is 0 Å². The number of hydrogen-bond acceptors (Lipinski definition) is 3. The van der Waals surface area contributed by atoms with E-state index < -0.39 is 0 Å². The molecule has 112 valence electrons. The zero-order valence-electron chi connectivity index (χ0n) is 12.0. The number of thiol groups is 1. The third-order valence-electron chi connectivity index (χ3n) is 3.26. The number of aromatic nitrogens is 2. The van der Waals surface area contributed by atoms with E-state index in [0.717, 1.165) is 36.3 Å². The van der Waals surface area contributed by atoms with Crippen LogP contribution >= 0.6 is 12.6 Å². The Bertz CT molecular complexity index is 554. The van der Waals surface area contributed by atoms with Gasteiger partial charge in [-0.3, -0.25) is 9.89 Å². The number of nitrogens with zero attached hydrogens (tertiary/aromatic N) is 1. The fourth-order valence-electron chi connectivity index (χ4n) is 2.08. The summed E-state index contributed by atoms with van der Waals surface area (Å²) in [7, 11) is 0. The van der Waals surface area contributed by atoms with E-state index in [-0.39, 0.29) is 5.91 Å². The molecule has 0 aliphatic heterocycles. The van der Waals surface area contributed by atoms with Crippen LogP contribution in [0.1, 0.15) is 36.2 Å². The number of carbonyl (C=O) groups is 1. The van der Waals surface area contributed by atoms with E-state index in [9.17, 15) is 4.79 Å². The van der Waals surface area contributed by atoms with Gasteiger partial charge in [-0.15, -0.1) is 0 Å². The van der Waals surface area contributed by atoms with Gasteiger partial charge in [0.2, 0.25) is 0 Å². The van der Waals surface area contributed by atoms with Gasteiger partial charge in [0.15, 0.2) is 0 Å². The van der Waals surface area contributed by atoms with Crippen molar-refractivity contribution in [3.63, 3.8) is 0 Å². The van der Waals surface area contributed by atoms with Crippen molar-refractivity contribution in [1.82, 2.24) is 15.5 Å². The lowest BCUT2D eigenvalue weighted by molar-refractivity contribution is 0.0948. The van der Waals surface area contributed by atoms with Gasteiger partial charge in [0.1, 0.15) is 5.69 Å². The molecule has 2 aromatic rings. The SMILES string of the molecule is O=C(NCCCCCCS)c1cc(-c2ccccc2)n[nH]1. The summed E-state index contributed by atoms with van der Waals surface area (Å²) in [6.45, 7) is 0.699. The van der Waals surface area contributed by atoms with Gasteiger partial charge in [0.05, 0.1) is 5.69 Å². The predicted molar refractivity (Wildman–Crippen MR) is 88.7 cm³/mol. The van der Waals surface area contributed by atoms with Crippen molar-refractivity contribution in [2.24, 2.45) is 0 Å². The highest BCUT2D eigenvalue weighted by molar-refractivity contribution is 7.80. The molecule has 0 saturated carbocycles. The molecule has 2 rings (SSSR count). The number of amides is 1. The van der Waals surface area contributed by atoms with Gasteiger partial charge < -0.3 is 5.32 Å². The first kappa shape index (κ1) is 15.6. The summed E-state index contributed by atoms with van der Waals surface area (Å²) in [5.74, 6) is 0.835. The van der Waals surface area contributed by atoms with E-state index in [2.05, 4.69) is 28.1 Å². The Hall–Kier alpha value is -1.75. The second-order valence-electron chi connectivity index (χ2n) is 4.93. The minimum absolute atomic E-state index is 0.0983. The van der Waals surface area contributed by atoms with Crippen LogP contribution < -0.4 is 5.32 Å². The highest BCUT2D eigenvalue weighted by Crippen LogP contribution is 2.16. The number of H-pyrrole nitrogens is 1. The maximum absolute atomic E-state index is 12.0. The molecule has 0 saturated heterocycles. The van der Waals surface area contributed by atoms with Gasteiger partial charge >= 0.3 is 0 Å². The first-order valence-corrected chi connectivity index (χ1v) is 7.94. The summed E-state index contributed by atoms with van der Waals surface area (Å²) in [4.78, 5) is 12.0. The average Bonchev–Trinajstić information content (AvgIpc) is 3.01. The molecule has 1 heterocycles. The van der Waals surface area contributed by atoms with Crippen LogP contribution in [0.5, 0.6) is 0 Å². The van der Waals surface area contributed by atoms with E-state index in [0.29, 0.717) is 12.2 Å². The Balaban J connectivity index is 1.80. The third-order valence-corrected chi connectivity index (χ3v) is 3.58. The van der Waals surface area contributed by atoms with E-state index >= 15 is 0 Å². The van der Waals surface area contributed by atoms with E-state index in [4.69, 9.17) is 0 Å². The Morgan fingerprint density at radius 2 is 1.90 bits per heavy atom. The number of carbonyl (C=O) groups excluding carboxylic acids is 1. The van der Waals surface area contributed by atoms with Gasteiger partial charge in [0, 0.05) is 12.1 Å². The molecular formula is C16H21N3OS. The molecule has 0 bridgehead atoms. The number of rotatable bonds is 8. The first-order chi connectivity index (χ1) is 10.3. The van der Waals surface area contributed by atoms with Crippen LogP contribution in [-0.4, -0.2) is 28.4 Å². The van der Waals surface area contributed by atoms with Gasteiger partial charge in [-0.1, -0.05) is 43.2 Å². The zero-order valence-corrected chi connectivity index (χ0v) is 12.9. The minimum Gasteiger partial charge on any atom is -0.351 e. The molecule has 0 fully saturated rings. The van der Waals surface area contributed by atoms with Crippen molar-refractivity contribution in [2.45, 2.75) is 25.7 Å². The molecule has 1 aromatic carbocycles. The Labute approximate surface area is 130 Å². The van der Waals surface area contributed by atoms with Gasteiger partial charge in [0.25, 0.3) is 5.91 Å². The Morgan fingerprint density at radius 1 is 1.14 bits per heavy atom. The van der Waals surface area contributed by atoms with Crippen molar-refractivity contribution in [1.29, 1.82) is 0 Å². The van der Waals surface area contributed by atoms with E-state index in [1.54, 1.807) is 6.07 Å². The molecule has 1 amide bonds. The topological polar surface area (TPSA) is 57.8 Å². The summed E-state index contributed by atoms with van der Waals surface area (Å²) >= 11 is 4.18. The lowest BCUT2D eigenvalue weighted by atomic mass is 10.1. The van der Waals surface area contributed by atoms with Gasteiger partial charge in [-0.2, -0.15) is 17.7 Å². The van der Waals surface area contributed by atoms with Crippen molar-refractivity contribution in [2.75, 3.05) is 12.3 Å². The fourth-order valence-corrected chi connectivity index (χ4v) is 2.31. The molecule has 0 radical (unpaired) electrons. The number of aromatic amines is 1. The maximum Gasteiger partial charge on any atom is 0.269 e. The zero-order chi connectivity index (χ0) is 14.9. The lowest BCUT2D eigenvalue weighted by Crippen LogP contribution is -2.24. The summed E-state index contributed by atoms with van der Waals surface area (Å²) < 4.78 is 0. The second kappa shape index (κ2) is 8.52. The molecule has 21 heavy (non-hydrogen) atoms. The van der Waals surface area contributed by atoms with Crippen LogP contribution in [0, 0.1) is 0 Å². The average molecular weight is 303 g/mol. The second-order valence-corrected chi connectivity index (χ2v) is 5.37. The molecule has 2 N–H and O–H groups in total. The molecule has 1 aromatic heterocycles. The van der Waals surface area contributed by atoms with Crippen LogP contribution in [0.25, 0.3) is 11.3 Å². The monoisotopic (exact) mass is 303 g/mol. The molecule has 0 aliphatic rings. The van der Waals surface area contributed by atoms with Crippen LogP contribution in [0.2, 0.25) is 0 Å². The first-order valence-electron chi connectivity index (χ1n) is 7.31. The third kappa shape index (κ3) is 4.93. The van der Waals surface area contributed by atoms with Crippen LogP contribution in [-0.2, 0) is 0 Å². The normalized spacial score (nSPS) is 10.5. The standard InChI is InChI=1S/C16H21N3OS/c20-16(17-10-6-1-2-7-11-21)15-12-14(18-19-15)13-8-4-3-5-9-13/h3-5,8-9,12,21H,1-2,6-7,10-11H2,(H,17,20)(H,18,19). The van der Waals surface area contributed by atoms with Crippen LogP contribution in [0.4, 0.5) is 0 Å². The summed E-state index contributed by atoms with van der Waals surface area (Å²) in [5, 5.41) is 9.89. The molecule has 0 unspecified atom stereocenters. The number of benzene rings is 1. The number of hydrogen-bond donors (Lipinski definition) is 3. The Kier molecular flexibility index (Phi) is 6.34. The van der Waals surface area contributed by atoms with Crippen LogP contribution in [0.15, 0.2) is 36.4 Å². The largest absolute Gasteiger partial charge is 0.351 e. The minimum atomic E-state index is -0.0983. The predicted octanol–water partition coefficient (Wildman–Crippen LogP) is 3.30. The fraction of sp³-hybridized carbons (Fsp3) is 0.375. The van der Waals surface area contributed by atoms with E-state index in [1.807, 2.05) is 30.3 Å². The molecule has 0 spiro atoms.